The fraction of sp³-hybridized carbons (Fsp3) is 0.0714. The molecule has 0 aliphatic heterocycles. The van der Waals surface area contributed by atoms with Crippen molar-refractivity contribution in [2.24, 2.45) is 0 Å². The van der Waals surface area contributed by atoms with E-state index in [4.69, 9.17) is 5.26 Å². The van der Waals surface area contributed by atoms with E-state index in [1.807, 2.05) is 19.1 Å². The van der Waals surface area contributed by atoms with Gasteiger partial charge in [-0.3, -0.25) is 0 Å². The second-order valence-corrected chi connectivity index (χ2v) is 4.77. The number of aryl methyl sites for hydroxylation is 1. The lowest BCUT2D eigenvalue weighted by Crippen LogP contribution is -1.95. The van der Waals surface area contributed by atoms with Crippen LogP contribution in [-0.2, 0) is 0 Å². The second kappa shape index (κ2) is 5.19. The van der Waals surface area contributed by atoms with Crippen molar-refractivity contribution in [3.8, 4) is 6.07 Å². The fourth-order valence-electron chi connectivity index (χ4n) is 1.59. The van der Waals surface area contributed by atoms with Crippen LogP contribution < -0.4 is 5.32 Å². The maximum absolute atomic E-state index is 13.4. The minimum Gasteiger partial charge on any atom is -0.354 e. The van der Waals surface area contributed by atoms with Gasteiger partial charge in [-0.15, -0.1) is 0 Å². The van der Waals surface area contributed by atoms with Gasteiger partial charge in [0, 0.05) is 5.69 Å². The molecule has 2 aromatic carbocycles. The number of nitriles is 1. The number of halogens is 2. The van der Waals surface area contributed by atoms with Crippen LogP contribution in [0.1, 0.15) is 11.1 Å². The van der Waals surface area contributed by atoms with Crippen molar-refractivity contribution in [3.63, 3.8) is 0 Å². The van der Waals surface area contributed by atoms with Crippen LogP contribution in [0.5, 0.6) is 0 Å². The molecule has 0 unspecified atom stereocenters. The first-order chi connectivity index (χ1) is 8.60. The lowest BCUT2D eigenvalue weighted by molar-refractivity contribution is 0.622. The normalized spacial score (nSPS) is 9.89. The topological polar surface area (TPSA) is 35.8 Å². The molecule has 2 rings (SSSR count). The lowest BCUT2D eigenvalue weighted by atomic mass is 10.1. The van der Waals surface area contributed by atoms with Gasteiger partial charge >= 0.3 is 0 Å². The van der Waals surface area contributed by atoms with Gasteiger partial charge in [0.15, 0.2) is 0 Å². The highest BCUT2D eigenvalue weighted by Crippen LogP contribution is 2.25. The number of hydrogen-bond acceptors (Lipinski definition) is 2. The minimum absolute atomic E-state index is 0.342. The Bertz CT molecular complexity index is 632. The first-order valence-corrected chi connectivity index (χ1v) is 6.12. The molecule has 2 aromatic rings. The molecule has 0 atom stereocenters. The summed E-state index contributed by atoms with van der Waals surface area (Å²) in [4.78, 5) is 0. The molecule has 0 aliphatic carbocycles. The second-order valence-electron chi connectivity index (χ2n) is 3.91. The monoisotopic (exact) mass is 304 g/mol. The van der Waals surface area contributed by atoms with Gasteiger partial charge in [0.2, 0.25) is 0 Å². The van der Waals surface area contributed by atoms with Crippen LogP contribution in [0.3, 0.4) is 0 Å². The van der Waals surface area contributed by atoms with Gasteiger partial charge in [0.25, 0.3) is 0 Å². The van der Waals surface area contributed by atoms with Gasteiger partial charge in [-0.1, -0.05) is 6.07 Å². The van der Waals surface area contributed by atoms with Crippen LogP contribution in [0, 0.1) is 24.1 Å². The Hall–Kier alpha value is -1.86. The van der Waals surface area contributed by atoms with E-state index in [0.717, 1.165) is 5.56 Å². The van der Waals surface area contributed by atoms with E-state index in [-0.39, 0.29) is 5.82 Å². The van der Waals surface area contributed by atoms with Crippen LogP contribution in [0.4, 0.5) is 15.8 Å². The van der Waals surface area contributed by atoms with Crippen LogP contribution >= 0.6 is 15.9 Å². The van der Waals surface area contributed by atoms with Crippen molar-refractivity contribution in [3.05, 3.63) is 57.8 Å². The summed E-state index contributed by atoms with van der Waals surface area (Å²) in [6.07, 6.45) is 0. The predicted octanol–water partition coefficient (Wildman–Crippen LogP) is 4.51. The summed E-state index contributed by atoms with van der Waals surface area (Å²) in [6.45, 7) is 1.94. The van der Waals surface area contributed by atoms with Gasteiger partial charge < -0.3 is 5.32 Å². The number of nitrogens with one attached hydrogen (secondary N) is 1. The van der Waals surface area contributed by atoms with Gasteiger partial charge in [-0.05, 0) is 58.7 Å². The summed E-state index contributed by atoms with van der Waals surface area (Å²) in [5.74, 6) is -0.342. The van der Waals surface area contributed by atoms with Crippen LogP contribution in [0.2, 0.25) is 0 Å². The largest absolute Gasteiger partial charge is 0.354 e. The molecule has 0 aromatic heterocycles. The Labute approximate surface area is 113 Å². The number of hydrogen-bond donors (Lipinski definition) is 1. The van der Waals surface area contributed by atoms with E-state index in [1.54, 1.807) is 18.2 Å². The Balaban J connectivity index is 2.36. The molecule has 0 amide bonds. The molecule has 90 valence electrons. The summed E-state index contributed by atoms with van der Waals surface area (Å²) in [5.41, 5.74) is 2.86. The van der Waals surface area contributed by atoms with Crippen molar-refractivity contribution >= 4 is 27.3 Å². The van der Waals surface area contributed by atoms with E-state index in [2.05, 4.69) is 27.3 Å². The fourth-order valence-corrected chi connectivity index (χ4v) is 1.84. The zero-order valence-corrected chi connectivity index (χ0v) is 11.3. The van der Waals surface area contributed by atoms with Crippen LogP contribution in [0.15, 0.2) is 40.9 Å². The molecular weight excluding hydrogens is 295 g/mol. The molecule has 18 heavy (non-hydrogen) atoms. The van der Waals surface area contributed by atoms with Gasteiger partial charge in [-0.25, -0.2) is 4.39 Å². The number of anilines is 2. The van der Waals surface area contributed by atoms with Crippen molar-refractivity contribution in [1.29, 1.82) is 5.26 Å². The molecule has 0 spiro atoms. The van der Waals surface area contributed by atoms with Crippen LogP contribution in [0.25, 0.3) is 0 Å². The maximum Gasteiger partial charge on any atom is 0.139 e. The van der Waals surface area contributed by atoms with Gasteiger partial charge in [0.1, 0.15) is 11.9 Å². The van der Waals surface area contributed by atoms with E-state index in [0.29, 0.717) is 21.4 Å². The SMILES string of the molecule is Cc1ccc(C#N)c(Nc2ccc(Br)c(F)c2)c1. The minimum atomic E-state index is -0.342. The molecule has 1 N–H and O–H groups in total. The van der Waals surface area contributed by atoms with Crippen molar-refractivity contribution in [2.45, 2.75) is 6.92 Å². The average Bonchev–Trinajstić information content (AvgIpc) is 2.34. The Morgan fingerprint density at radius 1 is 1.22 bits per heavy atom. The van der Waals surface area contributed by atoms with Crippen molar-refractivity contribution in [1.82, 2.24) is 0 Å². The zero-order valence-electron chi connectivity index (χ0n) is 9.67. The number of rotatable bonds is 2. The smallest absolute Gasteiger partial charge is 0.139 e. The molecule has 0 saturated carbocycles. The highest BCUT2D eigenvalue weighted by molar-refractivity contribution is 9.10. The van der Waals surface area contributed by atoms with E-state index in [9.17, 15) is 4.39 Å². The molecule has 2 nitrogen and oxygen atoms in total. The zero-order chi connectivity index (χ0) is 13.1. The first-order valence-electron chi connectivity index (χ1n) is 5.33. The molecule has 0 heterocycles. The highest BCUT2D eigenvalue weighted by Gasteiger charge is 2.05. The third-order valence-electron chi connectivity index (χ3n) is 2.49. The molecule has 0 fully saturated rings. The highest BCUT2D eigenvalue weighted by atomic mass is 79.9. The first kappa shape index (κ1) is 12.6. The summed E-state index contributed by atoms with van der Waals surface area (Å²) >= 11 is 3.10. The third-order valence-corrected chi connectivity index (χ3v) is 3.14. The van der Waals surface area contributed by atoms with E-state index < -0.39 is 0 Å². The van der Waals surface area contributed by atoms with Crippen molar-refractivity contribution < 1.29 is 4.39 Å². The molecule has 0 aliphatic rings. The summed E-state index contributed by atoms with van der Waals surface area (Å²) in [6, 6.07) is 12.3. The Morgan fingerprint density at radius 3 is 2.67 bits per heavy atom. The molecule has 4 heteroatoms. The summed E-state index contributed by atoms with van der Waals surface area (Å²) in [7, 11) is 0. The average molecular weight is 305 g/mol. The van der Waals surface area contributed by atoms with E-state index >= 15 is 0 Å². The Kier molecular flexibility index (Phi) is 3.63. The molecule has 0 bridgehead atoms. The molecule has 0 saturated heterocycles. The summed E-state index contributed by atoms with van der Waals surface area (Å²) < 4.78 is 13.8. The Morgan fingerprint density at radius 2 is 2.00 bits per heavy atom. The lowest BCUT2D eigenvalue weighted by Gasteiger charge is -2.09. The van der Waals surface area contributed by atoms with Gasteiger partial charge in [-0.2, -0.15) is 5.26 Å². The van der Waals surface area contributed by atoms with Crippen molar-refractivity contribution in [2.75, 3.05) is 5.32 Å². The number of benzene rings is 2. The maximum atomic E-state index is 13.4. The molecular formula is C14H10BrFN2. The standard InChI is InChI=1S/C14H10BrFN2/c1-9-2-3-10(8-17)14(6-9)18-11-4-5-12(15)13(16)7-11/h2-7,18H,1H3. The van der Waals surface area contributed by atoms with Crippen LogP contribution in [-0.4, -0.2) is 0 Å². The van der Waals surface area contributed by atoms with Gasteiger partial charge in [0.05, 0.1) is 15.7 Å². The number of nitrogens with zero attached hydrogens (tertiary/aromatic N) is 1. The van der Waals surface area contributed by atoms with E-state index in [1.165, 1.54) is 6.07 Å². The summed E-state index contributed by atoms with van der Waals surface area (Å²) in [5, 5.41) is 12.1. The predicted molar refractivity (Wildman–Crippen MR) is 73.3 cm³/mol. The third kappa shape index (κ3) is 2.69. The molecule has 0 radical (unpaired) electrons. The quantitative estimate of drug-likeness (QED) is 0.886.